The van der Waals surface area contributed by atoms with Crippen LogP contribution < -0.4 is 4.74 Å². The Morgan fingerprint density at radius 2 is 1.94 bits per heavy atom. The summed E-state index contributed by atoms with van der Waals surface area (Å²) in [5, 5.41) is 0. The third-order valence-corrected chi connectivity index (χ3v) is 2.57. The average Bonchev–Trinajstić information content (AvgIpc) is 2.41. The molecular formula is C15H17NO. The van der Waals surface area contributed by atoms with Crippen molar-refractivity contribution in [3.8, 4) is 17.0 Å². The minimum absolute atomic E-state index is 0.773. The summed E-state index contributed by atoms with van der Waals surface area (Å²) in [6, 6.07) is 14.0. The van der Waals surface area contributed by atoms with E-state index in [4.69, 9.17) is 4.74 Å². The summed E-state index contributed by atoms with van der Waals surface area (Å²) >= 11 is 0. The maximum absolute atomic E-state index is 5.67. The minimum Gasteiger partial charge on any atom is -0.493 e. The van der Waals surface area contributed by atoms with E-state index < -0.39 is 0 Å². The van der Waals surface area contributed by atoms with E-state index in [1.807, 2.05) is 30.3 Å². The Kier molecular flexibility index (Phi) is 4.14. The predicted octanol–water partition coefficient (Wildman–Crippen LogP) is 3.93. The lowest BCUT2D eigenvalue weighted by atomic mass is 10.1. The fraction of sp³-hybridized carbons (Fsp3) is 0.267. The fourth-order valence-electron chi connectivity index (χ4n) is 1.60. The molecule has 1 aromatic heterocycles. The topological polar surface area (TPSA) is 22.1 Å². The summed E-state index contributed by atoms with van der Waals surface area (Å²) in [6.45, 7) is 2.93. The highest BCUT2D eigenvalue weighted by Gasteiger charge is 2.00. The molecule has 2 heteroatoms. The number of benzene rings is 1. The second kappa shape index (κ2) is 6.04. The lowest BCUT2D eigenvalue weighted by Gasteiger charge is -2.06. The zero-order valence-corrected chi connectivity index (χ0v) is 10.1. The van der Waals surface area contributed by atoms with Gasteiger partial charge in [0.25, 0.3) is 0 Å². The Balaban J connectivity index is 2.12. The molecule has 2 nitrogen and oxygen atoms in total. The lowest BCUT2D eigenvalue weighted by molar-refractivity contribution is 0.309. The molecule has 0 aliphatic carbocycles. The van der Waals surface area contributed by atoms with Crippen molar-refractivity contribution in [1.82, 2.24) is 4.98 Å². The van der Waals surface area contributed by atoms with Gasteiger partial charge in [-0.15, -0.1) is 0 Å². The van der Waals surface area contributed by atoms with Crippen molar-refractivity contribution in [2.24, 2.45) is 0 Å². The Labute approximate surface area is 102 Å². The van der Waals surface area contributed by atoms with Crippen molar-refractivity contribution < 1.29 is 4.74 Å². The van der Waals surface area contributed by atoms with Crippen LogP contribution in [0.15, 0.2) is 48.7 Å². The molecule has 0 radical (unpaired) electrons. The van der Waals surface area contributed by atoms with Gasteiger partial charge in [-0.2, -0.15) is 0 Å². The molecule has 0 N–H and O–H groups in total. The molecule has 0 spiro atoms. The van der Waals surface area contributed by atoms with Crippen LogP contribution in [0.25, 0.3) is 11.3 Å². The van der Waals surface area contributed by atoms with E-state index in [-0.39, 0.29) is 0 Å². The second-order valence-electron chi connectivity index (χ2n) is 3.94. The van der Waals surface area contributed by atoms with Crippen LogP contribution in [0.1, 0.15) is 19.8 Å². The van der Waals surface area contributed by atoms with E-state index in [1.54, 1.807) is 6.20 Å². The normalized spacial score (nSPS) is 10.2. The van der Waals surface area contributed by atoms with Gasteiger partial charge in [0.2, 0.25) is 0 Å². The van der Waals surface area contributed by atoms with E-state index in [2.05, 4.69) is 24.0 Å². The Bertz CT molecular complexity index is 453. The Morgan fingerprint density at radius 1 is 1.12 bits per heavy atom. The Hall–Kier alpha value is -1.83. The highest BCUT2D eigenvalue weighted by Crippen LogP contribution is 2.21. The molecule has 0 atom stereocenters. The van der Waals surface area contributed by atoms with Crippen LogP contribution in [-0.2, 0) is 0 Å². The van der Waals surface area contributed by atoms with Gasteiger partial charge in [0.05, 0.1) is 12.3 Å². The van der Waals surface area contributed by atoms with Crippen LogP contribution in [0, 0.1) is 0 Å². The monoisotopic (exact) mass is 227 g/mol. The average molecular weight is 227 g/mol. The second-order valence-corrected chi connectivity index (χ2v) is 3.94. The Morgan fingerprint density at radius 3 is 2.71 bits per heavy atom. The number of nitrogens with zero attached hydrogens (tertiary/aromatic N) is 1. The molecule has 0 aliphatic rings. The van der Waals surface area contributed by atoms with Crippen molar-refractivity contribution in [3.63, 3.8) is 0 Å². The first kappa shape index (κ1) is 11.6. The maximum Gasteiger partial charge on any atom is 0.122 e. The van der Waals surface area contributed by atoms with Gasteiger partial charge in [-0.25, -0.2) is 0 Å². The van der Waals surface area contributed by atoms with Gasteiger partial charge in [-0.05, 0) is 12.5 Å². The molecule has 2 rings (SSSR count). The van der Waals surface area contributed by atoms with Gasteiger partial charge >= 0.3 is 0 Å². The van der Waals surface area contributed by atoms with Gasteiger partial charge in [-0.1, -0.05) is 43.7 Å². The first-order valence-corrected chi connectivity index (χ1v) is 6.04. The number of unbranched alkanes of at least 4 members (excludes halogenated alkanes) is 1. The maximum atomic E-state index is 5.67. The van der Waals surface area contributed by atoms with E-state index in [9.17, 15) is 0 Å². The van der Waals surface area contributed by atoms with Gasteiger partial charge in [-0.3, -0.25) is 4.98 Å². The molecular weight excluding hydrogens is 210 g/mol. The van der Waals surface area contributed by atoms with Crippen LogP contribution in [0.4, 0.5) is 0 Å². The molecule has 17 heavy (non-hydrogen) atoms. The van der Waals surface area contributed by atoms with Crippen molar-refractivity contribution in [2.75, 3.05) is 6.61 Å². The molecule has 0 amide bonds. The van der Waals surface area contributed by atoms with E-state index >= 15 is 0 Å². The summed E-state index contributed by atoms with van der Waals surface area (Å²) in [5.41, 5.74) is 2.08. The van der Waals surface area contributed by atoms with E-state index in [0.717, 1.165) is 36.5 Å². The first-order valence-electron chi connectivity index (χ1n) is 6.04. The zero-order valence-electron chi connectivity index (χ0n) is 10.1. The van der Waals surface area contributed by atoms with Crippen molar-refractivity contribution >= 4 is 0 Å². The molecule has 0 unspecified atom stereocenters. The zero-order chi connectivity index (χ0) is 11.9. The summed E-state index contributed by atoms with van der Waals surface area (Å²) in [5.74, 6) is 0.896. The molecule has 1 heterocycles. The van der Waals surface area contributed by atoms with E-state index in [0.29, 0.717) is 0 Å². The van der Waals surface area contributed by atoms with Crippen LogP contribution in [0.2, 0.25) is 0 Å². The number of pyridine rings is 1. The minimum atomic E-state index is 0.773. The van der Waals surface area contributed by atoms with Crippen molar-refractivity contribution in [1.29, 1.82) is 0 Å². The highest BCUT2D eigenvalue weighted by atomic mass is 16.5. The smallest absolute Gasteiger partial charge is 0.122 e. The SMILES string of the molecule is CCCCOc1ccnc(-c2ccccc2)c1. The molecule has 0 saturated carbocycles. The van der Waals surface area contributed by atoms with Gasteiger partial charge in [0, 0.05) is 17.8 Å². The van der Waals surface area contributed by atoms with Crippen molar-refractivity contribution in [3.05, 3.63) is 48.7 Å². The molecule has 0 aliphatic heterocycles. The lowest BCUT2D eigenvalue weighted by Crippen LogP contribution is -1.96. The van der Waals surface area contributed by atoms with Crippen molar-refractivity contribution in [2.45, 2.75) is 19.8 Å². The van der Waals surface area contributed by atoms with Gasteiger partial charge in [0.1, 0.15) is 5.75 Å². The number of hydrogen-bond donors (Lipinski definition) is 0. The third kappa shape index (κ3) is 3.31. The molecule has 88 valence electrons. The highest BCUT2D eigenvalue weighted by molar-refractivity contribution is 5.60. The predicted molar refractivity (Wildman–Crippen MR) is 70.1 cm³/mol. The van der Waals surface area contributed by atoms with Crippen LogP contribution in [0.5, 0.6) is 5.75 Å². The first-order chi connectivity index (χ1) is 8.40. The summed E-state index contributed by atoms with van der Waals surface area (Å²) in [6.07, 6.45) is 4.03. The standard InChI is InChI=1S/C15H17NO/c1-2-3-11-17-14-9-10-16-15(12-14)13-7-5-4-6-8-13/h4-10,12H,2-3,11H2,1H3. The largest absolute Gasteiger partial charge is 0.493 e. The summed E-state index contributed by atoms with van der Waals surface area (Å²) in [7, 11) is 0. The van der Waals surface area contributed by atoms with Gasteiger partial charge in [0.15, 0.2) is 0 Å². The summed E-state index contributed by atoms with van der Waals surface area (Å²) in [4.78, 5) is 4.36. The number of aromatic nitrogens is 1. The van der Waals surface area contributed by atoms with Crippen LogP contribution >= 0.6 is 0 Å². The molecule has 1 aromatic carbocycles. The number of ether oxygens (including phenoxy) is 1. The number of rotatable bonds is 5. The van der Waals surface area contributed by atoms with Gasteiger partial charge < -0.3 is 4.74 Å². The molecule has 2 aromatic rings. The molecule has 0 bridgehead atoms. The molecule has 0 saturated heterocycles. The van der Waals surface area contributed by atoms with Crippen LogP contribution in [0.3, 0.4) is 0 Å². The third-order valence-electron chi connectivity index (χ3n) is 2.57. The number of hydrogen-bond acceptors (Lipinski definition) is 2. The van der Waals surface area contributed by atoms with E-state index in [1.165, 1.54) is 0 Å². The molecule has 0 fully saturated rings. The quantitative estimate of drug-likeness (QED) is 0.722. The van der Waals surface area contributed by atoms with Crippen LogP contribution in [-0.4, -0.2) is 11.6 Å². The summed E-state index contributed by atoms with van der Waals surface area (Å²) < 4.78 is 5.67. The fourth-order valence-corrected chi connectivity index (χ4v) is 1.60.